The van der Waals surface area contributed by atoms with Gasteiger partial charge in [0, 0.05) is 17.3 Å². The number of carbonyl (C=O) groups is 1. The maximum Gasteiger partial charge on any atom is 0.187 e. The van der Waals surface area contributed by atoms with Gasteiger partial charge in [0.25, 0.3) is 0 Å². The lowest BCUT2D eigenvalue weighted by Gasteiger charge is -2.15. The van der Waals surface area contributed by atoms with Crippen molar-refractivity contribution in [3.8, 4) is 0 Å². The van der Waals surface area contributed by atoms with Gasteiger partial charge in [0.05, 0.1) is 0 Å². The van der Waals surface area contributed by atoms with Crippen molar-refractivity contribution in [2.24, 2.45) is 5.73 Å². The molecule has 0 atom stereocenters. The number of ketones is 1. The highest BCUT2D eigenvalue weighted by Crippen LogP contribution is 2.25. The Balaban J connectivity index is 2.08. The van der Waals surface area contributed by atoms with Crippen molar-refractivity contribution in [1.29, 1.82) is 0 Å². The Kier molecular flexibility index (Phi) is 3.20. The second-order valence-corrected chi connectivity index (χ2v) is 4.03. The predicted molar refractivity (Wildman–Crippen MR) is 65.0 cm³/mol. The van der Waals surface area contributed by atoms with Crippen LogP contribution in [0, 0.1) is 0 Å². The third-order valence-corrected chi connectivity index (χ3v) is 2.72. The van der Waals surface area contributed by atoms with Crippen molar-refractivity contribution in [3.05, 3.63) is 59.3 Å². The Morgan fingerprint density at radius 2 is 1.88 bits per heavy atom. The van der Waals surface area contributed by atoms with Crippen LogP contribution >= 0.6 is 0 Å². The van der Waals surface area contributed by atoms with E-state index in [9.17, 15) is 4.79 Å². The Hall–Kier alpha value is -1.83. The third kappa shape index (κ3) is 2.60. The number of hydrogen-bond acceptors (Lipinski definition) is 2. The van der Waals surface area contributed by atoms with E-state index in [4.69, 9.17) is 5.73 Å². The number of hydrogen-bond donors (Lipinski definition) is 1. The molecule has 1 aromatic rings. The van der Waals surface area contributed by atoms with Crippen molar-refractivity contribution in [2.45, 2.75) is 19.3 Å². The van der Waals surface area contributed by atoms with Gasteiger partial charge in [0.1, 0.15) is 0 Å². The zero-order valence-corrected chi connectivity index (χ0v) is 9.15. The summed E-state index contributed by atoms with van der Waals surface area (Å²) < 4.78 is 0. The first-order valence-corrected chi connectivity index (χ1v) is 5.52. The topological polar surface area (TPSA) is 43.1 Å². The molecule has 0 amide bonds. The highest BCUT2D eigenvalue weighted by Gasteiger charge is 2.08. The average Bonchev–Trinajstić information content (AvgIpc) is 2.25. The van der Waals surface area contributed by atoms with E-state index in [1.54, 1.807) is 12.1 Å². The minimum atomic E-state index is -0.0331. The van der Waals surface area contributed by atoms with Crippen LogP contribution in [0.25, 0.3) is 0 Å². The minimum absolute atomic E-state index is 0.0331. The van der Waals surface area contributed by atoms with Crippen molar-refractivity contribution in [3.63, 3.8) is 0 Å². The summed E-state index contributed by atoms with van der Waals surface area (Å²) in [7, 11) is 0. The highest BCUT2D eigenvalue weighted by atomic mass is 16.1. The molecule has 1 fully saturated rings. The van der Waals surface area contributed by atoms with Crippen LogP contribution < -0.4 is 5.73 Å². The zero-order valence-electron chi connectivity index (χ0n) is 9.15. The van der Waals surface area contributed by atoms with Gasteiger partial charge >= 0.3 is 0 Å². The molecule has 0 bridgehead atoms. The summed E-state index contributed by atoms with van der Waals surface area (Å²) >= 11 is 0. The Labute approximate surface area is 95.5 Å². The van der Waals surface area contributed by atoms with Gasteiger partial charge in [-0.15, -0.1) is 0 Å². The first-order valence-electron chi connectivity index (χ1n) is 5.52. The average molecular weight is 213 g/mol. The number of nitrogens with two attached hydrogens (primary N) is 1. The molecule has 1 saturated carbocycles. The molecular weight excluding hydrogens is 198 g/mol. The predicted octanol–water partition coefficient (Wildman–Crippen LogP) is 2.82. The molecule has 0 saturated heterocycles. The first kappa shape index (κ1) is 10.7. The Morgan fingerprint density at radius 1 is 1.19 bits per heavy atom. The molecule has 0 unspecified atom stereocenters. The van der Waals surface area contributed by atoms with Crippen LogP contribution in [0.15, 0.2) is 53.8 Å². The van der Waals surface area contributed by atoms with Crippen LogP contribution in [0.3, 0.4) is 0 Å². The van der Waals surface area contributed by atoms with Crippen molar-refractivity contribution >= 4 is 5.78 Å². The van der Waals surface area contributed by atoms with Crippen LogP contribution in [0.5, 0.6) is 0 Å². The zero-order chi connectivity index (χ0) is 11.4. The molecular formula is C14H15NO. The lowest BCUT2D eigenvalue weighted by molar-refractivity contribution is 0.104. The van der Waals surface area contributed by atoms with E-state index in [0.717, 1.165) is 12.8 Å². The molecule has 2 nitrogen and oxygen atoms in total. The van der Waals surface area contributed by atoms with Crippen LogP contribution in [0.4, 0.5) is 0 Å². The molecule has 0 radical (unpaired) electrons. The molecule has 2 heteroatoms. The molecule has 1 aromatic carbocycles. The van der Waals surface area contributed by atoms with Crippen molar-refractivity contribution in [1.82, 2.24) is 0 Å². The van der Waals surface area contributed by atoms with Crippen LogP contribution in [0.2, 0.25) is 0 Å². The number of rotatable bonds is 3. The second kappa shape index (κ2) is 4.79. The quantitative estimate of drug-likeness (QED) is 0.619. The monoisotopic (exact) mass is 213 g/mol. The summed E-state index contributed by atoms with van der Waals surface area (Å²) in [6, 6.07) is 9.18. The Bertz CT molecular complexity index is 437. The van der Waals surface area contributed by atoms with Gasteiger partial charge < -0.3 is 5.73 Å². The van der Waals surface area contributed by atoms with E-state index in [1.807, 2.05) is 24.3 Å². The lowest BCUT2D eigenvalue weighted by Crippen LogP contribution is -2.04. The largest absolute Gasteiger partial charge is 0.399 e. The van der Waals surface area contributed by atoms with Crippen LogP contribution in [-0.2, 0) is 0 Å². The summed E-state index contributed by atoms with van der Waals surface area (Å²) in [4.78, 5) is 11.8. The molecule has 0 heterocycles. The fourth-order valence-corrected chi connectivity index (χ4v) is 1.64. The summed E-state index contributed by atoms with van der Waals surface area (Å²) in [6.07, 6.45) is 6.90. The fraction of sp³-hybridized carbons (Fsp3) is 0.214. The van der Waals surface area contributed by atoms with Crippen LogP contribution in [0.1, 0.15) is 29.6 Å². The summed E-state index contributed by atoms with van der Waals surface area (Å²) in [5.74, 6) is -0.0331. The van der Waals surface area contributed by atoms with E-state index in [1.165, 1.54) is 18.1 Å². The van der Waals surface area contributed by atoms with Crippen molar-refractivity contribution < 1.29 is 4.79 Å². The van der Waals surface area contributed by atoms with Crippen LogP contribution in [-0.4, -0.2) is 5.78 Å². The van der Waals surface area contributed by atoms with E-state index >= 15 is 0 Å². The molecule has 2 rings (SSSR count). The maximum atomic E-state index is 11.8. The van der Waals surface area contributed by atoms with Gasteiger partial charge in [-0.2, -0.15) is 0 Å². The normalized spacial score (nSPS) is 15.5. The smallest absolute Gasteiger partial charge is 0.187 e. The highest BCUT2D eigenvalue weighted by molar-refractivity contribution is 6.05. The van der Waals surface area contributed by atoms with E-state index in [2.05, 4.69) is 0 Å². The van der Waals surface area contributed by atoms with Gasteiger partial charge in [-0.05, 0) is 25.3 Å². The van der Waals surface area contributed by atoms with Gasteiger partial charge in [0.2, 0.25) is 0 Å². The summed E-state index contributed by atoms with van der Waals surface area (Å²) in [5.41, 5.74) is 8.37. The van der Waals surface area contributed by atoms with E-state index in [0.29, 0.717) is 11.3 Å². The van der Waals surface area contributed by atoms with Gasteiger partial charge in [-0.1, -0.05) is 35.9 Å². The minimum Gasteiger partial charge on any atom is -0.399 e. The van der Waals surface area contributed by atoms with E-state index in [-0.39, 0.29) is 5.78 Å². The SMILES string of the molecule is N/C(C=C1CCC1)=C\C(=O)c1ccccc1. The number of carbonyl (C=O) groups excluding carboxylic acids is 1. The van der Waals surface area contributed by atoms with Gasteiger partial charge in [-0.25, -0.2) is 0 Å². The first-order chi connectivity index (χ1) is 7.75. The molecule has 1 aliphatic rings. The number of benzene rings is 1. The fourth-order valence-electron chi connectivity index (χ4n) is 1.64. The molecule has 0 aliphatic heterocycles. The molecule has 82 valence electrons. The van der Waals surface area contributed by atoms with E-state index < -0.39 is 0 Å². The molecule has 0 spiro atoms. The standard InChI is InChI=1S/C14H15NO/c15-13(9-11-5-4-6-11)10-14(16)12-7-2-1-3-8-12/h1-3,7-10H,4-6,15H2/b13-10-. The van der Waals surface area contributed by atoms with Gasteiger partial charge in [0.15, 0.2) is 5.78 Å². The number of allylic oxidation sites excluding steroid dienone is 3. The summed E-state index contributed by atoms with van der Waals surface area (Å²) in [5, 5.41) is 0. The molecule has 2 N–H and O–H groups in total. The third-order valence-electron chi connectivity index (χ3n) is 2.72. The maximum absolute atomic E-state index is 11.8. The lowest BCUT2D eigenvalue weighted by atomic mass is 9.91. The van der Waals surface area contributed by atoms with Gasteiger partial charge in [-0.3, -0.25) is 4.79 Å². The van der Waals surface area contributed by atoms with Crippen molar-refractivity contribution in [2.75, 3.05) is 0 Å². The molecule has 1 aliphatic carbocycles. The second-order valence-electron chi connectivity index (χ2n) is 4.03. The summed E-state index contributed by atoms with van der Waals surface area (Å²) in [6.45, 7) is 0. The molecule has 16 heavy (non-hydrogen) atoms. The Morgan fingerprint density at radius 3 is 2.44 bits per heavy atom. The molecule has 0 aromatic heterocycles.